The van der Waals surface area contributed by atoms with E-state index in [-0.39, 0.29) is 29.4 Å². The molecule has 0 aliphatic carbocycles. The van der Waals surface area contributed by atoms with Gasteiger partial charge in [-0.15, -0.1) is 0 Å². The summed E-state index contributed by atoms with van der Waals surface area (Å²) < 4.78 is 24.1. The Morgan fingerprint density at radius 2 is 1.76 bits per heavy atom. The zero-order chi connectivity index (χ0) is 15.9. The zero-order valence-corrected chi connectivity index (χ0v) is 12.6. The molecule has 0 heterocycles. The maximum atomic E-state index is 12.0. The molecule has 1 amide bonds. The number of amides is 1. The fraction of sp³-hybridized carbons (Fsp3) is 0.429. The lowest BCUT2D eigenvalue weighted by atomic mass is 10.1. The minimum atomic E-state index is -3.50. The third-order valence-electron chi connectivity index (χ3n) is 2.88. The van der Waals surface area contributed by atoms with E-state index < -0.39 is 15.8 Å². The number of aliphatic carboxylic acids is 1. The van der Waals surface area contributed by atoms with Crippen LogP contribution < -0.4 is 5.32 Å². The molecule has 0 atom stereocenters. The van der Waals surface area contributed by atoms with Crippen molar-refractivity contribution >= 4 is 21.7 Å². The molecule has 7 heteroatoms. The van der Waals surface area contributed by atoms with Crippen LogP contribution in [0.5, 0.6) is 0 Å². The molecule has 1 aromatic rings. The van der Waals surface area contributed by atoms with E-state index in [4.69, 9.17) is 5.11 Å². The van der Waals surface area contributed by atoms with Gasteiger partial charge in [0.15, 0.2) is 9.84 Å². The van der Waals surface area contributed by atoms with Crippen LogP contribution in [-0.2, 0) is 25.8 Å². The van der Waals surface area contributed by atoms with E-state index in [2.05, 4.69) is 5.32 Å². The molecule has 0 saturated carbocycles. The lowest BCUT2D eigenvalue weighted by molar-refractivity contribution is -0.137. The number of sulfone groups is 1. The molecular formula is C14H19NO5S. The van der Waals surface area contributed by atoms with Crippen molar-refractivity contribution in [1.82, 2.24) is 5.32 Å². The number of hydrogen-bond acceptors (Lipinski definition) is 4. The van der Waals surface area contributed by atoms with Gasteiger partial charge in [-0.05, 0) is 31.0 Å². The summed E-state index contributed by atoms with van der Waals surface area (Å²) in [7, 11) is -3.50. The molecule has 0 bridgehead atoms. The van der Waals surface area contributed by atoms with Crippen LogP contribution in [-0.4, -0.2) is 37.7 Å². The van der Waals surface area contributed by atoms with Gasteiger partial charge in [0.25, 0.3) is 0 Å². The number of carboxylic acids is 1. The number of benzene rings is 1. The van der Waals surface area contributed by atoms with Gasteiger partial charge in [-0.2, -0.15) is 0 Å². The number of carbonyl (C=O) groups excluding carboxylic acids is 1. The summed E-state index contributed by atoms with van der Waals surface area (Å²) in [6.07, 6.45) is 0.286. The third-order valence-corrected chi connectivity index (χ3v) is 4.61. The zero-order valence-electron chi connectivity index (χ0n) is 11.8. The highest BCUT2D eigenvalue weighted by molar-refractivity contribution is 7.91. The van der Waals surface area contributed by atoms with Crippen molar-refractivity contribution in [1.29, 1.82) is 0 Å². The molecule has 0 unspecified atom stereocenters. The molecule has 0 spiro atoms. The first kappa shape index (κ1) is 17.2. The molecule has 2 N–H and O–H groups in total. The van der Waals surface area contributed by atoms with Gasteiger partial charge in [0.1, 0.15) is 0 Å². The molecule has 6 nitrogen and oxygen atoms in total. The fourth-order valence-corrected chi connectivity index (χ4v) is 2.99. The Labute approximate surface area is 124 Å². The van der Waals surface area contributed by atoms with E-state index in [0.29, 0.717) is 13.0 Å². The van der Waals surface area contributed by atoms with E-state index in [1.165, 1.54) is 12.1 Å². The maximum absolute atomic E-state index is 12.0. The van der Waals surface area contributed by atoms with Crippen LogP contribution in [0.4, 0.5) is 0 Å². The van der Waals surface area contributed by atoms with Crippen LogP contribution in [0.3, 0.4) is 0 Å². The van der Waals surface area contributed by atoms with Gasteiger partial charge in [0.2, 0.25) is 5.91 Å². The van der Waals surface area contributed by atoms with Gasteiger partial charge in [0, 0.05) is 19.4 Å². The Morgan fingerprint density at radius 1 is 1.14 bits per heavy atom. The minimum absolute atomic E-state index is 0.00326. The van der Waals surface area contributed by atoms with Crippen molar-refractivity contribution in [2.75, 3.05) is 12.3 Å². The number of nitrogens with one attached hydrogen (secondary N) is 1. The highest BCUT2D eigenvalue weighted by atomic mass is 32.2. The van der Waals surface area contributed by atoms with E-state index in [1.807, 2.05) is 0 Å². The van der Waals surface area contributed by atoms with Crippen molar-refractivity contribution in [3.05, 3.63) is 29.8 Å². The molecule has 0 aliphatic rings. The Bertz CT molecular complexity index is 592. The SMILES string of the molecule is CCNC(=O)CCS(=O)(=O)c1ccc(CCC(=O)O)cc1. The number of carboxylic acid groups (broad SMARTS) is 1. The summed E-state index contributed by atoms with van der Waals surface area (Å²) in [5.41, 5.74) is 0.764. The predicted molar refractivity (Wildman–Crippen MR) is 77.8 cm³/mol. The molecule has 0 radical (unpaired) electrons. The van der Waals surface area contributed by atoms with E-state index in [1.54, 1.807) is 19.1 Å². The molecule has 0 aromatic heterocycles. The fourth-order valence-electron chi connectivity index (χ4n) is 1.75. The summed E-state index contributed by atoms with van der Waals surface area (Å²) in [5, 5.41) is 11.1. The van der Waals surface area contributed by atoms with Crippen molar-refractivity contribution < 1.29 is 23.1 Å². The van der Waals surface area contributed by atoms with Crippen LogP contribution in [0, 0.1) is 0 Å². The smallest absolute Gasteiger partial charge is 0.303 e. The van der Waals surface area contributed by atoms with E-state index in [0.717, 1.165) is 5.56 Å². The van der Waals surface area contributed by atoms with Gasteiger partial charge in [0.05, 0.1) is 10.6 Å². The molecule has 1 aromatic carbocycles. The van der Waals surface area contributed by atoms with E-state index in [9.17, 15) is 18.0 Å². The summed E-state index contributed by atoms with van der Waals surface area (Å²) in [4.78, 5) is 21.9. The highest BCUT2D eigenvalue weighted by Crippen LogP contribution is 2.14. The molecule has 0 aliphatic heterocycles. The van der Waals surface area contributed by atoms with Crippen LogP contribution in [0.2, 0.25) is 0 Å². The summed E-state index contributed by atoms with van der Waals surface area (Å²) in [5.74, 6) is -1.43. The second-order valence-corrected chi connectivity index (χ2v) is 6.67. The van der Waals surface area contributed by atoms with Gasteiger partial charge in [-0.1, -0.05) is 12.1 Å². The standard InChI is InChI=1S/C14H19NO5S/c1-2-15-13(16)9-10-21(19,20)12-6-3-11(4-7-12)5-8-14(17)18/h3-4,6-7H,2,5,8-10H2,1H3,(H,15,16)(H,17,18). The predicted octanol–water partition coefficient (Wildman–Crippen LogP) is 1.00. The number of carbonyl (C=O) groups is 2. The Kier molecular flexibility index (Phi) is 6.36. The van der Waals surface area contributed by atoms with E-state index >= 15 is 0 Å². The second-order valence-electron chi connectivity index (χ2n) is 4.56. The second kappa shape index (κ2) is 7.78. The summed E-state index contributed by atoms with van der Waals surface area (Å²) in [6.45, 7) is 2.24. The van der Waals surface area contributed by atoms with Gasteiger partial charge < -0.3 is 10.4 Å². The number of hydrogen-bond donors (Lipinski definition) is 2. The third kappa shape index (κ3) is 5.95. The lowest BCUT2D eigenvalue weighted by Crippen LogP contribution is -2.25. The quantitative estimate of drug-likeness (QED) is 0.746. The average Bonchev–Trinajstić information content (AvgIpc) is 2.44. The molecule has 21 heavy (non-hydrogen) atoms. The average molecular weight is 313 g/mol. The monoisotopic (exact) mass is 313 g/mol. The van der Waals surface area contributed by atoms with Crippen molar-refractivity contribution in [2.45, 2.75) is 31.1 Å². The minimum Gasteiger partial charge on any atom is -0.481 e. The summed E-state index contributed by atoms with van der Waals surface area (Å²) in [6, 6.07) is 6.10. The van der Waals surface area contributed by atoms with Gasteiger partial charge in [-0.3, -0.25) is 9.59 Å². The molecule has 0 saturated heterocycles. The normalized spacial score (nSPS) is 11.1. The van der Waals surface area contributed by atoms with Crippen molar-refractivity contribution in [2.24, 2.45) is 0 Å². The number of aryl methyl sites for hydroxylation is 1. The Hall–Kier alpha value is -1.89. The molecule has 1 rings (SSSR count). The van der Waals surface area contributed by atoms with Crippen LogP contribution >= 0.6 is 0 Å². The van der Waals surface area contributed by atoms with Gasteiger partial charge in [-0.25, -0.2) is 8.42 Å². The largest absolute Gasteiger partial charge is 0.481 e. The topological polar surface area (TPSA) is 101 Å². The first-order valence-electron chi connectivity index (χ1n) is 6.65. The lowest BCUT2D eigenvalue weighted by Gasteiger charge is -2.06. The number of rotatable bonds is 8. The highest BCUT2D eigenvalue weighted by Gasteiger charge is 2.16. The first-order valence-corrected chi connectivity index (χ1v) is 8.30. The molecule has 0 fully saturated rings. The summed E-state index contributed by atoms with van der Waals surface area (Å²) >= 11 is 0. The first-order chi connectivity index (χ1) is 9.85. The molecular weight excluding hydrogens is 294 g/mol. The molecule has 116 valence electrons. The Morgan fingerprint density at radius 3 is 2.29 bits per heavy atom. The van der Waals surface area contributed by atoms with Crippen molar-refractivity contribution in [3.8, 4) is 0 Å². The van der Waals surface area contributed by atoms with Crippen molar-refractivity contribution in [3.63, 3.8) is 0 Å². The van der Waals surface area contributed by atoms with Crippen LogP contribution in [0.25, 0.3) is 0 Å². The van der Waals surface area contributed by atoms with Crippen LogP contribution in [0.15, 0.2) is 29.2 Å². The Balaban J connectivity index is 2.66. The van der Waals surface area contributed by atoms with Gasteiger partial charge >= 0.3 is 5.97 Å². The maximum Gasteiger partial charge on any atom is 0.303 e. The van der Waals surface area contributed by atoms with Crippen LogP contribution in [0.1, 0.15) is 25.3 Å².